The molecule has 100 valence electrons. The minimum Gasteiger partial charge on any atom is -0.466 e. The molecule has 1 saturated heterocycles. The van der Waals surface area contributed by atoms with Crippen LogP contribution in [0.1, 0.15) is 39.0 Å². The van der Waals surface area contributed by atoms with Crippen LogP contribution in [0.25, 0.3) is 0 Å². The van der Waals surface area contributed by atoms with Gasteiger partial charge in [0.05, 0.1) is 25.2 Å². The maximum absolute atomic E-state index is 12.1. The van der Waals surface area contributed by atoms with Crippen LogP contribution in [-0.2, 0) is 19.0 Å². The number of hydrogen-bond donors (Lipinski definition) is 0. The largest absolute Gasteiger partial charge is 0.466 e. The van der Waals surface area contributed by atoms with E-state index in [0.717, 1.165) is 0 Å². The Hall–Kier alpha value is -1.05. The highest BCUT2D eigenvalue weighted by atomic mass is 16.7. The quantitative estimate of drug-likeness (QED) is 0.568. The van der Waals surface area contributed by atoms with Crippen LogP contribution in [0.15, 0.2) is 0 Å². The molecule has 1 spiro atoms. The fraction of sp³-hybridized carbons (Fsp3) is 0.786. The summed E-state index contributed by atoms with van der Waals surface area (Å²) < 4.78 is 16.5. The molecule has 2 fully saturated rings. The van der Waals surface area contributed by atoms with E-state index in [2.05, 4.69) is 5.92 Å². The lowest BCUT2D eigenvalue weighted by molar-refractivity contribution is -0.198. The zero-order valence-electron chi connectivity index (χ0n) is 10.9. The van der Waals surface area contributed by atoms with Crippen molar-refractivity contribution in [3.8, 4) is 12.3 Å². The van der Waals surface area contributed by atoms with E-state index in [1.165, 1.54) is 0 Å². The lowest BCUT2D eigenvalue weighted by atomic mass is 9.70. The molecule has 1 aliphatic carbocycles. The summed E-state index contributed by atoms with van der Waals surface area (Å²) in [6.07, 6.45) is 8.62. The minimum atomic E-state index is -0.536. The van der Waals surface area contributed by atoms with Crippen LogP contribution in [-0.4, -0.2) is 31.6 Å². The average Bonchev–Trinajstić information content (AvgIpc) is 2.82. The van der Waals surface area contributed by atoms with Gasteiger partial charge in [-0.3, -0.25) is 4.79 Å². The first-order valence-electron chi connectivity index (χ1n) is 6.55. The third-order valence-electron chi connectivity index (χ3n) is 3.93. The summed E-state index contributed by atoms with van der Waals surface area (Å²) in [6.45, 7) is 3.49. The zero-order chi connectivity index (χ0) is 13.1. The van der Waals surface area contributed by atoms with Crippen LogP contribution in [0.5, 0.6) is 0 Å². The smallest absolute Gasteiger partial charge is 0.313 e. The molecule has 0 radical (unpaired) electrons. The number of ether oxygens (including phenoxy) is 3. The van der Waals surface area contributed by atoms with E-state index in [-0.39, 0.29) is 5.97 Å². The number of carbonyl (C=O) groups excluding carboxylic acids is 1. The van der Waals surface area contributed by atoms with Crippen LogP contribution in [0.2, 0.25) is 0 Å². The fourth-order valence-corrected chi connectivity index (χ4v) is 2.83. The summed E-state index contributed by atoms with van der Waals surface area (Å²) in [6, 6.07) is 0. The molecular formula is C14H20O4. The molecule has 2 aliphatic rings. The van der Waals surface area contributed by atoms with Crippen LogP contribution >= 0.6 is 0 Å². The van der Waals surface area contributed by atoms with Crippen LogP contribution in [0.3, 0.4) is 0 Å². The van der Waals surface area contributed by atoms with Crippen molar-refractivity contribution in [3.05, 3.63) is 0 Å². The fourth-order valence-electron chi connectivity index (χ4n) is 2.83. The molecule has 18 heavy (non-hydrogen) atoms. The second kappa shape index (κ2) is 5.29. The number of rotatable bonds is 3. The van der Waals surface area contributed by atoms with E-state index in [0.29, 0.717) is 51.9 Å². The predicted octanol–water partition coefficient (Wildman–Crippen LogP) is 1.88. The molecular weight excluding hydrogens is 232 g/mol. The molecule has 0 N–H and O–H groups in total. The van der Waals surface area contributed by atoms with Crippen LogP contribution in [0.4, 0.5) is 0 Å². The lowest BCUT2D eigenvalue weighted by Crippen LogP contribution is -2.44. The zero-order valence-corrected chi connectivity index (χ0v) is 10.9. The molecule has 0 aromatic rings. The molecule has 0 amide bonds. The van der Waals surface area contributed by atoms with Gasteiger partial charge in [0.1, 0.15) is 0 Å². The first-order chi connectivity index (χ1) is 8.66. The van der Waals surface area contributed by atoms with Crippen molar-refractivity contribution in [1.82, 2.24) is 0 Å². The van der Waals surface area contributed by atoms with Gasteiger partial charge in [0.15, 0.2) is 5.79 Å². The van der Waals surface area contributed by atoms with Crippen molar-refractivity contribution in [2.45, 2.75) is 44.8 Å². The molecule has 0 atom stereocenters. The third kappa shape index (κ3) is 2.38. The van der Waals surface area contributed by atoms with E-state index >= 15 is 0 Å². The van der Waals surface area contributed by atoms with Gasteiger partial charge in [-0.2, -0.15) is 0 Å². The Kier molecular flexibility index (Phi) is 3.94. The highest BCUT2D eigenvalue weighted by Gasteiger charge is 2.50. The Morgan fingerprint density at radius 2 is 1.89 bits per heavy atom. The summed E-state index contributed by atoms with van der Waals surface area (Å²) >= 11 is 0. The summed E-state index contributed by atoms with van der Waals surface area (Å²) in [5.74, 6) is 1.98. The second-order valence-electron chi connectivity index (χ2n) is 4.99. The van der Waals surface area contributed by atoms with Crippen LogP contribution in [0, 0.1) is 17.8 Å². The number of carbonyl (C=O) groups is 1. The maximum atomic E-state index is 12.1. The summed E-state index contributed by atoms with van der Waals surface area (Å²) in [5.41, 5.74) is -0.536. The van der Waals surface area contributed by atoms with E-state index in [4.69, 9.17) is 20.6 Å². The molecule has 1 aliphatic heterocycles. The highest BCUT2D eigenvalue weighted by molar-refractivity contribution is 5.77. The first-order valence-corrected chi connectivity index (χ1v) is 6.55. The topological polar surface area (TPSA) is 44.8 Å². The third-order valence-corrected chi connectivity index (χ3v) is 3.93. The Bertz CT molecular complexity index is 339. The standard InChI is InChI=1S/C14H20O4/c1-3-5-13(12(15)16-4-2)6-8-14(9-7-13)17-10-11-18-14/h1H,4-11H2,2H3. The Balaban J connectivity index is 2.05. The van der Waals surface area contributed by atoms with Crippen LogP contribution < -0.4 is 0 Å². The first kappa shape index (κ1) is 13.4. The van der Waals surface area contributed by atoms with Crippen molar-refractivity contribution in [1.29, 1.82) is 0 Å². The van der Waals surface area contributed by atoms with Crippen molar-refractivity contribution in [3.63, 3.8) is 0 Å². The monoisotopic (exact) mass is 252 g/mol. The molecule has 0 aromatic heterocycles. The summed E-state index contributed by atoms with van der Waals surface area (Å²) in [7, 11) is 0. The van der Waals surface area contributed by atoms with E-state index in [1.807, 2.05) is 6.92 Å². The predicted molar refractivity (Wildman–Crippen MR) is 65.6 cm³/mol. The molecule has 1 saturated carbocycles. The lowest BCUT2D eigenvalue weighted by Gasteiger charge is -2.41. The summed E-state index contributed by atoms with van der Waals surface area (Å²) in [4.78, 5) is 12.1. The van der Waals surface area contributed by atoms with E-state index in [1.54, 1.807) is 0 Å². The van der Waals surface area contributed by atoms with Gasteiger partial charge in [-0.15, -0.1) is 12.3 Å². The number of esters is 1. The number of terminal acetylenes is 1. The Morgan fingerprint density at radius 3 is 2.39 bits per heavy atom. The Labute approximate surface area is 108 Å². The van der Waals surface area contributed by atoms with Gasteiger partial charge in [-0.1, -0.05) is 0 Å². The molecule has 0 unspecified atom stereocenters. The van der Waals surface area contributed by atoms with Gasteiger partial charge in [0, 0.05) is 19.3 Å². The van der Waals surface area contributed by atoms with Gasteiger partial charge in [-0.25, -0.2) is 0 Å². The Morgan fingerprint density at radius 1 is 1.28 bits per heavy atom. The normalized spacial score (nSPS) is 24.7. The van der Waals surface area contributed by atoms with Gasteiger partial charge in [0.2, 0.25) is 0 Å². The van der Waals surface area contributed by atoms with Crippen molar-refractivity contribution in [2.75, 3.05) is 19.8 Å². The molecule has 0 bridgehead atoms. The summed E-state index contributed by atoms with van der Waals surface area (Å²) in [5, 5.41) is 0. The molecule has 1 heterocycles. The molecule has 4 nitrogen and oxygen atoms in total. The van der Waals surface area contributed by atoms with E-state index in [9.17, 15) is 4.79 Å². The van der Waals surface area contributed by atoms with Crippen molar-refractivity contribution >= 4 is 5.97 Å². The minimum absolute atomic E-state index is 0.171. The number of hydrogen-bond acceptors (Lipinski definition) is 4. The van der Waals surface area contributed by atoms with Gasteiger partial charge >= 0.3 is 5.97 Å². The van der Waals surface area contributed by atoms with Gasteiger partial charge in [0.25, 0.3) is 0 Å². The van der Waals surface area contributed by atoms with Crippen molar-refractivity contribution < 1.29 is 19.0 Å². The SMILES string of the molecule is C#CCC1(C(=O)OCC)CCC2(CC1)OCCO2. The van der Waals surface area contributed by atoms with E-state index < -0.39 is 11.2 Å². The average molecular weight is 252 g/mol. The molecule has 2 rings (SSSR count). The molecule has 0 aromatic carbocycles. The van der Waals surface area contributed by atoms with Crippen molar-refractivity contribution in [2.24, 2.45) is 5.41 Å². The van der Waals surface area contributed by atoms with Gasteiger partial charge in [-0.05, 0) is 19.8 Å². The second-order valence-corrected chi connectivity index (χ2v) is 4.99. The highest BCUT2D eigenvalue weighted by Crippen LogP contribution is 2.47. The maximum Gasteiger partial charge on any atom is 0.313 e. The molecule has 4 heteroatoms. The van der Waals surface area contributed by atoms with Gasteiger partial charge < -0.3 is 14.2 Å².